The van der Waals surface area contributed by atoms with Gasteiger partial charge in [-0.2, -0.15) is 0 Å². The minimum Gasteiger partial charge on any atom is -0.381 e. The summed E-state index contributed by atoms with van der Waals surface area (Å²) < 4.78 is 1.97. The van der Waals surface area contributed by atoms with Crippen molar-refractivity contribution in [3.8, 4) is 5.69 Å². The molecule has 1 aromatic carbocycles. The normalized spacial score (nSPS) is 18.6. The second-order valence-corrected chi connectivity index (χ2v) is 7.10. The second kappa shape index (κ2) is 5.72. The molecule has 0 amide bonds. The van der Waals surface area contributed by atoms with Crippen molar-refractivity contribution < 1.29 is 0 Å². The summed E-state index contributed by atoms with van der Waals surface area (Å²) in [5, 5.41) is 4.43. The number of aromatic nitrogens is 2. The van der Waals surface area contributed by atoms with E-state index in [1.54, 1.807) is 12.5 Å². The summed E-state index contributed by atoms with van der Waals surface area (Å²) in [5.41, 5.74) is 2.56. The molecule has 112 valence electrons. The van der Waals surface area contributed by atoms with E-state index in [2.05, 4.69) is 30.2 Å². The van der Waals surface area contributed by atoms with Gasteiger partial charge < -0.3 is 9.88 Å². The SMILES string of the molecule is CC1(C)CCC(Nc2cccc(Cl)c2-n2ccnc2)CC1. The van der Waals surface area contributed by atoms with Crippen LogP contribution in [0.5, 0.6) is 0 Å². The Kier molecular flexibility index (Phi) is 3.94. The van der Waals surface area contributed by atoms with Crippen molar-refractivity contribution in [2.24, 2.45) is 5.41 Å². The van der Waals surface area contributed by atoms with Gasteiger partial charge in [-0.15, -0.1) is 0 Å². The van der Waals surface area contributed by atoms with E-state index in [0.717, 1.165) is 16.4 Å². The van der Waals surface area contributed by atoms with E-state index >= 15 is 0 Å². The van der Waals surface area contributed by atoms with Crippen molar-refractivity contribution in [1.29, 1.82) is 0 Å². The van der Waals surface area contributed by atoms with Crippen LogP contribution in [0.4, 0.5) is 5.69 Å². The van der Waals surface area contributed by atoms with Gasteiger partial charge in [0.25, 0.3) is 0 Å². The average Bonchev–Trinajstić information content (AvgIpc) is 2.95. The number of benzene rings is 1. The number of halogens is 1. The molecule has 4 heteroatoms. The molecule has 0 bridgehead atoms. The Bertz CT molecular complexity index is 595. The third-order valence-corrected chi connectivity index (χ3v) is 4.75. The third kappa shape index (κ3) is 3.24. The van der Waals surface area contributed by atoms with E-state index < -0.39 is 0 Å². The van der Waals surface area contributed by atoms with Crippen molar-refractivity contribution in [1.82, 2.24) is 9.55 Å². The van der Waals surface area contributed by atoms with Crippen LogP contribution in [0, 0.1) is 5.41 Å². The topological polar surface area (TPSA) is 29.9 Å². The lowest BCUT2D eigenvalue weighted by molar-refractivity contribution is 0.232. The molecule has 1 N–H and O–H groups in total. The van der Waals surface area contributed by atoms with Gasteiger partial charge in [-0.1, -0.05) is 31.5 Å². The zero-order chi connectivity index (χ0) is 14.9. The average molecular weight is 304 g/mol. The highest BCUT2D eigenvalue weighted by Gasteiger charge is 2.27. The van der Waals surface area contributed by atoms with Crippen LogP contribution < -0.4 is 5.32 Å². The molecule has 3 nitrogen and oxygen atoms in total. The molecule has 0 spiro atoms. The number of rotatable bonds is 3. The van der Waals surface area contributed by atoms with Gasteiger partial charge in [-0.05, 0) is 43.2 Å². The van der Waals surface area contributed by atoms with Crippen LogP contribution in [0.25, 0.3) is 5.69 Å². The fourth-order valence-electron chi connectivity index (χ4n) is 3.05. The summed E-state index contributed by atoms with van der Waals surface area (Å²) in [4.78, 5) is 4.12. The Balaban J connectivity index is 1.82. The number of hydrogen-bond donors (Lipinski definition) is 1. The number of anilines is 1. The monoisotopic (exact) mass is 303 g/mol. The van der Waals surface area contributed by atoms with Gasteiger partial charge in [0.2, 0.25) is 0 Å². The molecule has 1 saturated carbocycles. The summed E-state index contributed by atoms with van der Waals surface area (Å²) in [6.07, 6.45) is 10.5. The number of hydrogen-bond acceptors (Lipinski definition) is 2. The zero-order valence-corrected chi connectivity index (χ0v) is 13.4. The molecular weight excluding hydrogens is 282 g/mol. The van der Waals surface area contributed by atoms with E-state index in [9.17, 15) is 0 Å². The van der Waals surface area contributed by atoms with Crippen molar-refractivity contribution in [2.45, 2.75) is 45.6 Å². The van der Waals surface area contributed by atoms with Gasteiger partial charge in [0.05, 0.1) is 22.7 Å². The van der Waals surface area contributed by atoms with Crippen LogP contribution in [0.15, 0.2) is 36.9 Å². The Morgan fingerprint density at radius 1 is 1.29 bits per heavy atom. The molecule has 0 radical (unpaired) electrons. The van der Waals surface area contributed by atoms with Crippen LogP contribution >= 0.6 is 11.6 Å². The highest BCUT2D eigenvalue weighted by Crippen LogP contribution is 2.37. The van der Waals surface area contributed by atoms with Gasteiger partial charge in [0, 0.05) is 18.4 Å². The predicted molar refractivity (Wildman–Crippen MR) is 88.2 cm³/mol. The summed E-state index contributed by atoms with van der Waals surface area (Å²) in [6.45, 7) is 4.72. The van der Waals surface area contributed by atoms with Gasteiger partial charge >= 0.3 is 0 Å². The van der Waals surface area contributed by atoms with E-state index in [-0.39, 0.29) is 0 Å². The molecule has 3 rings (SSSR count). The van der Waals surface area contributed by atoms with Crippen LogP contribution in [0.3, 0.4) is 0 Å². The molecular formula is C17H22ClN3. The van der Waals surface area contributed by atoms with E-state index in [1.165, 1.54) is 25.7 Å². The number of para-hydroxylation sites is 1. The zero-order valence-electron chi connectivity index (χ0n) is 12.6. The lowest BCUT2D eigenvalue weighted by Gasteiger charge is -2.35. The number of nitrogens with one attached hydrogen (secondary N) is 1. The van der Waals surface area contributed by atoms with Crippen molar-refractivity contribution >= 4 is 17.3 Å². The van der Waals surface area contributed by atoms with Crippen molar-refractivity contribution in [2.75, 3.05) is 5.32 Å². The predicted octanol–water partition coefficient (Wildman–Crippen LogP) is 4.91. The molecule has 1 aromatic heterocycles. The van der Waals surface area contributed by atoms with Crippen LogP contribution in [0.2, 0.25) is 5.02 Å². The molecule has 21 heavy (non-hydrogen) atoms. The van der Waals surface area contributed by atoms with Gasteiger partial charge in [-0.25, -0.2) is 4.98 Å². The first-order valence-electron chi connectivity index (χ1n) is 7.59. The minimum absolute atomic E-state index is 0.486. The highest BCUT2D eigenvalue weighted by molar-refractivity contribution is 6.33. The first-order valence-corrected chi connectivity index (χ1v) is 7.96. The third-order valence-electron chi connectivity index (χ3n) is 4.45. The van der Waals surface area contributed by atoms with Gasteiger partial charge in [-0.3, -0.25) is 0 Å². The van der Waals surface area contributed by atoms with Gasteiger partial charge in [0.15, 0.2) is 0 Å². The molecule has 0 aliphatic heterocycles. The van der Waals surface area contributed by atoms with Crippen molar-refractivity contribution in [3.05, 3.63) is 41.9 Å². The fraction of sp³-hybridized carbons (Fsp3) is 0.471. The largest absolute Gasteiger partial charge is 0.381 e. The molecule has 1 aliphatic rings. The Labute approximate surface area is 131 Å². The van der Waals surface area contributed by atoms with E-state index in [0.29, 0.717) is 11.5 Å². The summed E-state index contributed by atoms with van der Waals surface area (Å²) in [7, 11) is 0. The first-order chi connectivity index (χ1) is 10.1. The maximum absolute atomic E-state index is 6.40. The van der Waals surface area contributed by atoms with E-state index in [1.807, 2.05) is 22.9 Å². The smallest absolute Gasteiger partial charge is 0.0992 e. The fourth-order valence-corrected chi connectivity index (χ4v) is 3.32. The van der Waals surface area contributed by atoms with Crippen LogP contribution in [-0.4, -0.2) is 15.6 Å². The number of nitrogens with zero attached hydrogens (tertiary/aromatic N) is 2. The molecule has 0 atom stereocenters. The van der Waals surface area contributed by atoms with E-state index in [4.69, 9.17) is 11.6 Å². The lowest BCUT2D eigenvalue weighted by Crippen LogP contribution is -2.30. The molecule has 1 aliphatic carbocycles. The Morgan fingerprint density at radius 3 is 2.71 bits per heavy atom. The van der Waals surface area contributed by atoms with Crippen LogP contribution in [0.1, 0.15) is 39.5 Å². The maximum atomic E-state index is 6.40. The quantitative estimate of drug-likeness (QED) is 0.873. The van der Waals surface area contributed by atoms with Gasteiger partial charge in [0.1, 0.15) is 0 Å². The first kappa shape index (κ1) is 14.5. The Hall–Kier alpha value is -1.48. The summed E-state index contributed by atoms with van der Waals surface area (Å²) >= 11 is 6.40. The highest BCUT2D eigenvalue weighted by atomic mass is 35.5. The second-order valence-electron chi connectivity index (χ2n) is 6.69. The summed E-state index contributed by atoms with van der Waals surface area (Å²) in [6, 6.07) is 6.55. The molecule has 1 heterocycles. The molecule has 0 unspecified atom stereocenters. The molecule has 1 fully saturated rings. The summed E-state index contributed by atoms with van der Waals surface area (Å²) in [5.74, 6) is 0. The lowest BCUT2D eigenvalue weighted by atomic mass is 9.75. The molecule has 2 aromatic rings. The minimum atomic E-state index is 0.486. The maximum Gasteiger partial charge on any atom is 0.0992 e. The van der Waals surface area contributed by atoms with Crippen molar-refractivity contribution in [3.63, 3.8) is 0 Å². The number of imidazole rings is 1. The standard InChI is InChI=1S/C17H22ClN3/c1-17(2)8-6-13(7-9-17)20-15-5-3-4-14(18)16(15)21-11-10-19-12-21/h3-5,10-13,20H,6-9H2,1-2H3. The van der Waals surface area contributed by atoms with Crippen LogP contribution in [-0.2, 0) is 0 Å². The Morgan fingerprint density at radius 2 is 2.05 bits per heavy atom. The molecule has 0 saturated heterocycles.